The fraction of sp³-hybridized carbons (Fsp3) is 0.826. The molecule has 0 radical (unpaired) electrons. The third-order valence-electron chi connectivity index (χ3n) is 6.43. The molecule has 2 saturated heterocycles. The third kappa shape index (κ3) is 6.93. The second-order valence-electron chi connectivity index (χ2n) is 10.1. The fourth-order valence-corrected chi connectivity index (χ4v) is 4.26. The molecule has 31 heavy (non-hydrogen) atoms. The topological polar surface area (TPSA) is 92.6 Å². The number of terminal acetylenes is 1. The molecule has 0 saturated carbocycles. The zero-order valence-electron chi connectivity index (χ0n) is 19.1. The Morgan fingerprint density at radius 3 is 2.48 bits per heavy atom. The van der Waals surface area contributed by atoms with Crippen molar-refractivity contribution >= 4 is 12.0 Å². The molecule has 1 spiro atoms. The van der Waals surface area contributed by atoms with E-state index in [4.69, 9.17) is 15.9 Å². The van der Waals surface area contributed by atoms with E-state index in [2.05, 4.69) is 21.5 Å². The maximum absolute atomic E-state index is 12.3. The van der Waals surface area contributed by atoms with Gasteiger partial charge < -0.3 is 19.7 Å². The van der Waals surface area contributed by atoms with Crippen LogP contribution in [0.3, 0.4) is 0 Å². The number of carbonyl (C=O) groups is 2. The zero-order chi connectivity index (χ0) is 22.5. The van der Waals surface area contributed by atoms with Gasteiger partial charge in [-0.05, 0) is 51.9 Å². The lowest BCUT2D eigenvalue weighted by Gasteiger charge is -2.45. The van der Waals surface area contributed by atoms with E-state index in [-0.39, 0.29) is 23.5 Å². The van der Waals surface area contributed by atoms with Gasteiger partial charge in [0, 0.05) is 45.3 Å². The van der Waals surface area contributed by atoms with Crippen LogP contribution in [0, 0.1) is 17.8 Å². The van der Waals surface area contributed by atoms with E-state index in [1.165, 1.54) is 0 Å². The van der Waals surface area contributed by atoms with Gasteiger partial charge in [0.1, 0.15) is 5.60 Å². The van der Waals surface area contributed by atoms with Crippen LogP contribution >= 0.6 is 0 Å². The molecule has 0 aromatic rings. The summed E-state index contributed by atoms with van der Waals surface area (Å²) in [6.07, 6.45) is 11.3. The number of ether oxygens (including phenoxy) is 2. The standard InChI is InChI=1S/C23H36N4O4/c1-5-6-9-23(25-26-23)11-8-19(28)24-16-18-7-10-22(17-30-18)12-14-27(15-13-22)20(29)31-21(2,3)4/h1,18H,6-17H2,2-4H3,(H,24,28). The minimum Gasteiger partial charge on any atom is -0.444 e. The van der Waals surface area contributed by atoms with Crippen molar-refractivity contribution < 1.29 is 19.1 Å². The van der Waals surface area contributed by atoms with Crippen LogP contribution in [0.2, 0.25) is 0 Å². The third-order valence-corrected chi connectivity index (χ3v) is 6.43. The first-order chi connectivity index (χ1) is 14.6. The van der Waals surface area contributed by atoms with E-state index in [0.29, 0.717) is 45.5 Å². The SMILES string of the molecule is C#CCCC1(CCC(=O)NCC2CCC3(CCN(C(=O)OC(C)(C)C)CC3)CO2)N=N1. The Balaban J connectivity index is 1.32. The summed E-state index contributed by atoms with van der Waals surface area (Å²) < 4.78 is 11.6. The molecule has 3 rings (SSSR count). The summed E-state index contributed by atoms with van der Waals surface area (Å²) in [5.74, 6) is 2.60. The van der Waals surface area contributed by atoms with E-state index in [0.717, 1.165) is 32.1 Å². The van der Waals surface area contributed by atoms with E-state index in [1.807, 2.05) is 20.8 Å². The fourth-order valence-electron chi connectivity index (χ4n) is 4.26. The zero-order valence-corrected chi connectivity index (χ0v) is 19.1. The minimum atomic E-state index is -0.470. The van der Waals surface area contributed by atoms with Gasteiger partial charge in [0.15, 0.2) is 5.66 Å². The first kappa shape index (κ1) is 23.5. The maximum atomic E-state index is 12.3. The minimum absolute atomic E-state index is 0.00642. The molecule has 8 nitrogen and oxygen atoms in total. The number of amides is 2. The molecule has 0 aliphatic carbocycles. The lowest BCUT2D eigenvalue weighted by Crippen LogP contribution is -2.49. The predicted octanol–water partition coefficient (Wildman–Crippen LogP) is 3.65. The molecule has 3 heterocycles. The summed E-state index contributed by atoms with van der Waals surface area (Å²) in [7, 11) is 0. The highest BCUT2D eigenvalue weighted by molar-refractivity contribution is 5.76. The lowest BCUT2D eigenvalue weighted by molar-refractivity contribution is -0.123. The van der Waals surface area contributed by atoms with E-state index >= 15 is 0 Å². The average molecular weight is 433 g/mol. The number of nitrogens with zero attached hydrogens (tertiary/aromatic N) is 3. The lowest BCUT2D eigenvalue weighted by atomic mass is 9.73. The van der Waals surface area contributed by atoms with Crippen molar-refractivity contribution in [2.75, 3.05) is 26.2 Å². The van der Waals surface area contributed by atoms with Crippen LogP contribution in [0.5, 0.6) is 0 Å². The monoisotopic (exact) mass is 432 g/mol. The van der Waals surface area contributed by atoms with Crippen LogP contribution in [0.4, 0.5) is 4.79 Å². The molecular formula is C23H36N4O4. The number of rotatable bonds is 7. The molecule has 0 aromatic carbocycles. The Morgan fingerprint density at radius 1 is 1.23 bits per heavy atom. The van der Waals surface area contributed by atoms with E-state index < -0.39 is 11.3 Å². The Bertz CT molecular complexity index is 713. The smallest absolute Gasteiger partial charge is 0.410 e. The number of likely N-dealkylation sites (tertiary alicyclic amines) is 1. The summed E-state index contributed by atoms with van der Waals surface area (Å²) >= 11 is 0. The van der Waals surface area contributed by atoms with Gasteiger partial charge in [-0.15, -0.1) is 12.3 Å². The summed E-state index contributed by atoms with van der Waals surface area (Å²) in [4.78, 5) is 26.3. The molecule has 1 unspecified atom stereocenters. The van der Waals surface area contributed by atoms with Crippen molar-refractivity contribution in [3.05, 3.63) is 0 Å². The molecule has 0 bridgehead atoms. The van der Waals surface area contributed by atoms with Gasteiger partial charge in [-0.1, -0.05) is 0 Å². The van der Waals surface area contributed by atoms with Crippen molar-refractivity contribution in [1.82, 2.24) is 10.2 Å². The first-order valence-electron chi connectivity index (χ1n) is 11.4. The molecule has 2 amide bonds. The van der Waals surface area contributed by atoms with Gasteiger partial charge in [-0.25, -0.2) is 4.79 Å². The van der Waals surface area contributed by atoms with E-state index in [9.17, 15) is 9.59 Å². The van der Waals surface area contributed by atoms with Crippen LogP contribution in [-0.2, 0) is 14.3 Å². The number of nitrogens with one attached hydrogen (secondary N) is 1. The predicted molar refractivity (Wildman–Crippen MR) is 116 cm³/mol. The maximum Gasteiger partial charge on any atom is 0.410 e. The largest absolute Gasteiger partial charge is 0.444 e. The van der Waals surface area contributed by atoms with E-state index in [1.54, 1.807) is 4.90 Å². The highest BCUT2D eigenvalue weighted by Gasteiger charge is 2.41. The molecule has 1 N–H and O–H groups in total. The summed E-state index contributed by atoms with van der Waals surface area (Å²) in [5.41, 5.74) is -0.745. The van der Waals surface area contributed by atoms with Gasteiger partial charge in [-0.2, -0.15) is 10.2 Å². The van der Waals surface area contributed by atoms with Crippen molar-refractivity contribution in [2.45, 2.75) is 89.5 Å². The van der Waals surface area contributed by atoms with Crippen LogP contribution in [0.1, 0.15) is 72.1 Å². The van der Waals surface area contributed by atoms with Crippen LogP contribution in [0.15, 0.2) is 10.2 Å². The Hall–Kier alpha value is -2.14. The highest BCUT2D eigenvalue weighted by atomic mass is 16.6. The number of carbonyl (C=O) groups excluding carboxylic acids is 2. The second-order valence-corrected chi connectivity index (χ2v) is 10.1. The summed E-state index contributed by atoms with van der Waals surface area (Å²) in [6.45, 7) is 8.29. The molecule has 1 atom stereocenters. The Labute approximate surface area is 185 Å². The van der Waals surface area contributed by atoms with Crippen LogP contribution < -0.4 is 5.32 Å². The van der Waals surface area contributed by atoms with Crippen LogP contribution in [-0.4, -0.2) is 60.5 Å². The van der Waals surface area contributed by atoms with Gasteiger partial charge in [0.05, 0.1) is 12.7 Å². The normalized spacial score (nSPS) is 23.8. The molecule has 172 valence electrons. The molecule has 3 aliphatic rings. The molecule has 0 aromatic heterocycles. The summed E-state index contributed by atoms with van der Waals surface area (Å²) in [6, 6.07) is 0. The van der Waals surface area contributed by atoms with Crippen LogP contribution in [0.25, 0.3) is 0 Å². The second kappa shape index (κ2) is 9.56. The van der Waals surface area contributed by atoms with Gasteiger partial charge >= 0.3 is 6.09 Å². The molecular weight excluding hydrogens is 396 g/mol. The number of hydrogen-bond donors (Lipinski definition) is 1. The Morgan fingerprint density at radius 2 is 1.94 bits per heavy atom. The molecule has 2 fully saturated rings. The van der Waals surface area contributed by atoms with Gasteiger partial charge in [0.25, 0.3) is 0 Å². The quantitative estimate of drug-likeness (QED) is 0.622. The molecule has 3 aliphatic heterocycles. The van der Waals surface area contributed by atoms with Gasteiger partial charge in [0.2, 0.25) is 5.91 Å². The number of piperidine rings is 1. The van der Waals surface area contributed by atoms with Crippen molar-refractivity contribution in [1.29, 1.82) is 0 Å². The van der Waals surface area contributed by atoms with Crippen molar-refractivity contribution in [3.8, 4) is 12.3 Å². The average Bonchev–Trinajstić information content (AvgIpc) is 3.50. The van der Waals surface area contributed by atoms with Crippen molar-refractivity contribution in [2.24, 2.45) is 15.6 Å². The highest BCUT2D eigenvalue weighted by Crippen LogP contribution is 2.41. The molecule has 8 heteroatoms. The van der Waals surface area contributed by atoms with Crippen molar-refractivity contribution in [3.63, 3.8) is 0 Å². The van der Waals surface area contributed by atoms with Gasteiger partial charge in [-0.3, -0.25) is 4.79 Å². The summed E-state index contributed by atoms with van der Waals surface area (Å²) in [5, 5.41) is 11.1. The number of hydrogen-bond acceptors (Lipinski definition) is 6. The Kier molecular flexibility index (Phi) is 7.25. The first-order valence-corrected chi connectivity index (χ1v) is 11.4.